The lowest BCUT2D eigenvalue weighted by Crippen LogP contribution is -2.16. The first-order chi connectivity index (χ1) is 13.5. The molecule has 2 heterocycles. The summed E-state index contributed by atoms with van der Waals surface area (Å²) in [6.07, 6.45) is -4.77. The summed E-state index contributed by atoms with van der Waals surface area (Å²) in [5.74, 6) is -0.866. The predicted molar refractivity (Wildman–Crippen MR) is 95.3 cm³/mol. The van der Waals surface area contributed by atoms with Crippen molar-refractivity contribution in [2.75, 3.05) is 12.4 Å². The van der Waals surface area contributed by atoms with Crippen LogP contribution < -0.4 is 10.1 Å². The minimum absolute atomic E-state index is 0.0179. The van der Waals surface area contributed by atoms with E-state index in [2.05, 4.69) is 15.4 Å². The van der Waals surface area contributed by atoms with E-state index >= 15 is 0 Å². The number of aromatic nitrogens is 3. The topological polar surface area (TPSA) is 112 Å². The fraction of sp³-hybridized carbons (Fsp3) is 0.188. The highest BCUT2D eigenvalue weighted by atomic mass is 35.5. The number of nitro groups is 1. The lowest BCUT2D eigenvalue weighted by Gasteiger charge is -2.09. The number of ether oxygens (including phenoxy) is 1. The molecule has 1 amide bonds. The summed E-state index contributed by atoms with van der Waals surface area (Å²) in [6, 6.07) is 4.41. The van der Waals surface area contributed by atoms with Gasteiger partial charge in [-0.25, -0.2) is 9.50 Å². The highest BCUT2D eigenvalue weighted by molar-refractivity contribution is 6.37. The molecule has 0 bridgehead atoms. The molecule has 0 saturated carbocycles. The molecule has 13 heteroatoms. The highest BCUT2D eigenvalue weighted by Crippen LogP contribution is 2.33. The first-order valence-electron chi connectivity index (χ1n) is 7.79. The van der Waals surface area contributed by atoms with Crippen LogP contribution in [0.3, 0.4) is 0 Å². The molecular formula is C16H11ClF3N5O4. The van der Waals surface area contributed by atoms with Gasteiger partial charge in [0.05, 0.1) is 18.1 Å². The summed E-state index contributed by atoms with van der Waals surface area (Å²) >= 11 is 6.03. The first kappa shape index (κ1) is 20.3. The lowest BCUT2D eigenvalue weighted by atomic mass is 10.2. The third-order valence-corrected chi connectivity index (χ3v) is 4.16. The normalized spacial score (nSPS) is 11.5. The second kappa shape index (κ2) is 7.20. The maximum Gasteiger partial charge on any atom is 0.433 e. The molecule has 29 heavy (non-hydrogen) atoms. The van der Waals surface area contributed by atoms with E-state index in [1.165, 1.54) is 26.2 Å². The zero-order chi connectivity index (χ0) is 21.5. The van der Waals surface area contributed by atoms with Crippen molar-refractivity contribution in [3.8, 4) is 5.75 Å². The number of nitrogens with one attached hydrogen (secondary N) is 1. The fourth-order valence-corrected chi connectivity index (χ4v) is 2.78. The maximum atomic E-state index is 13.3. The van der Waals surface area contributed by atoms with Gasteiger partial charge in [-0.3, -0.25) is 14.9 Å². The molecule has 3 aromatic rings. The van der Waals surface area contributed by atoms with Crippen LogP contribution in [0.2, 0.25) is 5.02 Å². The van der Waals surface area contributed by atoms with Gasteiger partial charge >= 0.3 is 6.18 Å². The van der Waals surface area contributed by atoms with Crippen LogP contribution in [-0.2, 0) is 6.18 Å². The number of halogens is 4. The van der Waals surface area contributed by atoms with Crippen LogP contribution in [0.15, 0.2) is 24.3 Å². The number of methoxy groups -OCH3 is 1. The van der Waals surface area contributed by atoms with E-state index in [0.717, 1.165) is 12.1 Å². The summed E-state index contributed by atoms with van der Waals surface area (Å²) in [5, 5.41) is 16.7. The number of alkyl halides is 3. The molecule has 2 aromatic heterocycles. The van der Waals surface area contributed by atoms with Crippen molar-refractivity contribution in [1.82, 2.24) is 14.6 Å². The van der Waals surface area contributed by atoms with Gasteiger partial charge in [-0.05, 0) is 25.1 Å². The Morgan fingerprint density at radius 1 is 1.34 bits per heavy atom. The largest absolute Gasteiger partial charge is 0.496 e. The molecule has 0 atom stereocenters. The van der Waals surface area contributed by atoms with Gasteiger partial charge in [-0.2, -0.15) is 18.3 Å². The molecule has 9 nitrogen and oxygen atoms in total. The summed E-state index contributed by atoms with van der Waals surface area (Å²) < 4.78 is 45.1. The number of carbonyl (C=O) groups excluding carboxylic acids is 1. The molecule has 0 saturated heterocycles. The molecule has 0 aliphatic rings. The number of amides is 1. The zero-order valence-corrected chi connectivity index (χ0v) is 15.5. The molecule has 0 spiro atoms. The average molecular weight is 430 g/mol. The second-order valence-electron chi connectivity index (χ2n) is 5.77. The van der Waals surface area contributed by atoms with E-state index in [1.54, 1.807) is 0 Å². The van der Waals surface area contributed by atoms with E-state index in [9.17, 15) is 28.1 Å². The van der Waals surface area contributed by atoms with Gasteiger partial charge in [0, 0.05) is 5.69 Å². The van der Waals surface area contributed by atoms with Gasteiger partial charge in [-0.1, -0.05) is 11.6 Å². The zero-order valence-electron chi connectivity index (χ0n) is 14.7. The SMILES string of the molecule is COc1ccc(NC(=O)c2nn3c(C(F)(F)F)cc(C)nc3c2Cl)c([N+](=O)[O-])c1. The number of aryl methyl sites for hydroxylation is 1. The molecule has 152 valence electrons. The molecular weight excluding hydrogens is 419 g/mol. The van der Waals surface area contributed by atoms with Crippen LogP contribution in [0.4, 0.5) is 24.5 Å². The monoisotopic (exact) mass is 429 g/mol. The quantitative estimate of drug-likeness (QED) is 0.497. The Bertz CT molecular complexity index is 1150. The fourth-order valence-electron chi connectivity index (χ4n) is 2.54. The van der Waals surface area contributed by atoms with Crippen molar-refractivity contribution < 1.29 is 27.6 Å². The first-order valence-corrected chi connectivity index (χ1v) is 8.17. The van der Waals surface area contributed by atoms with Gasteiger partial charge in [0.15, 0.2) is 11.3 Å². The van der Waals surface area contributed by atoms with E-state index in [1.807, 2.05) is 0 Å². The predicted octanol–water partition coefficient (Wildman–Crippen LogP) is 3.88. The number of nitro benzene ring substituents is 1. The molecule has 3 rings (SSSR count). The van der Waals surface area contributed by atoms with E-state index in [0.29, 0.717) is 4.52 Å². The van der Waals surface area contributed by atoms with E-state index in [4.69, 9.17) is 16.3 Å². The third-order valence-electron chi connectivity index (χ3n) is 3.82. The summed E-state index contributed by atoms with van der Waals surface area (Å²) in [6.45, 7) is 1.33. The van der Waals surface area contributed by atoms with Crippen LogP contribution in [0.1, 0.15) is 21.9 Å². The standard InChI is InChI=1S/C16H11ClF3N5O4/c1-7-5-11(16(18,19)20)24-14(21-7)12(17)13(23-24)15(26)22-9-4-3-8(29-2)6-10(9)25(27)28/h3-6H,1-2H3,(H,22,26). The molecule has 0 aliphatic carbocycles. The van der Waals surface area contributed by atoms with Crippen molar-refractivity contribution in [1.29, 1.82) is 0 Å². The van der Waals surface area contributed by atoms with Crippen molar-refractivity contribution in [2.24, 2.45) is 0 Å². The van der Waals surface area contributed by atoms with Gasteiger partial charge in [0.2, 0.25) is 0 Å². The van der Waals surface area contributed by atoms with Crippen LogP contribution in [0, 0.1) is 17.0 Å². The summed E-state index contributed by atoms with van der Waals surface area (Å²) in [5.41, 5.74) is -2.79. The van der Waals surface area contributed by atoms with Crippen LogP contribution >= 0.6 is 11.6 Å². The molecule has 0 unspecified atom stereocenters. The van der Waals surface area contributed by atoms with E-state index < -0.39 is 39.1 Å². The summed E-state index contributed by atoms with van der Waals surface area (Å²) in [4.78, 5) is 26.9. The molecule has 1 aromatic carbocycles. The lowest BCUT2D eigenvalue weighted by molar-refractivity contribution is -0.384. The van der Waals surface area contributed by atoms with Gasteiger partial charge in [0.25, 0.3) is 11.6 Å². The van der Waals surface area contributed by atoms with Crippen molar-refractivity contribution in [2.45, 2.75) is 13.1 Å². The molecule has 0 fully saturated rings. The van der Waals surface area contributed by atoms with Gasteiger partial charge in [0.1, 0.15) is 22.2 Å². The number of rotatable bonds is 4. The minimum Gasteiger partial charge on any atom is -0.496 e. The number of hydrogen-bond acceptors (Lipinski definition) is 6. The number of hydrogen-bond donors (Lipinski definition) is 1. The van der Waals surface area contributed by atoms with Crippen LogP contribution in [0.25, 0.3) is 5.65 Å². The summed E-state index contributed by atoms with van der Waals surface area (Å²) in [7, 11) is 1.31. The van der Waals surface area contributed by atoms with Gasteiger partial charge in [-0.15, -0.1) is 0 Å². The molecule has 0 radical (unpaired) electrons. The van der Waals surface area contributed by atoms with Crippen molar-refractivity contribution >= 4 is 34.5 Å². The smallest absolute Gasteiger partial charge is 0.433 e. The number of carbonyl (C=O) groups is 1. The third kappa shape index (κ3) is 3.78. The Balaban J connectivity index is 2.07. The maximum absolute atomic E-state index is 13.3. The average Bonchev–Trinajstić information content (AvgIpc) is 2.97. The number of fused-ring (bicyclic) bond motifs is 1. The Kier molecular flexibility index (Phi) is 5.05. The van der Waals surface area contributed by atoms with E-state index in [-0.39, 0.29) is 22.8 Å². The number of nitrogens with zero attached hydrogens (tertiary/aromatic N) is 4. The van der Waals surface area contributed by atoms with Gasteiger partial charge < -0.3 is 10.1 Å². The van der Waals surface area contributed by atoms with Crippen LogP contribution in [-0.4, -0.2) is 32.5 Å². The highest BCUT2D eigenvalue weighted by Gasteiger charge is 2.36. The Morgan fingerprint density at radius 3 is 2.62 bits per heavy atom. The Morgan fingerprint density at radius 2 is 2.03 bits per heavy atom. The number of anilines is 1. The Labute approximate surface area is 165 Å². The van der Waals surface area contributed by atoms with Crippen LogP contribution in [0.5, 0.6) is 5.75 Å². The minimum atomic E-state index is -4.77. The van der Waals surface area contributed by atoms with Crippen molar-refractivity contribution in [3.63, 3.8) is 0 Å². The Hall–Kier alpha value is -3.41. The van der Waals surface area contributed by atoms with Crippen molar-refractivity contribution in [3.05, 3.63) is 56.5 Å². The molecule has 0 aliphatic heterocycles. The molecule has 1 N–H and O–H groups in total. The second-order valence-corrected chi connectivity index (χ2v) is 6.15. The number of benzene rings is 1.